The second kappa shape index (κ2) is 15.2. The number of hydrogen-bond donors (Lipinski definition) is 4. The molecule has 0 fully saturated rings. The predicted octanol–water partition coefficient (Wildman–Crippen LogP) is 1.24. The SMILES string of the molecule is COC(=O)C(CSC(=O)C(Cc1cnc(C(=O)OC(C)(C)C)[nH]1)NC(=O)CCNC(=O)OC(C)(C)C)NC(C)=O. The van der Waals surface area contributed by atoms with Gasteiger partial charge in [0.25, 0.3) is 0 Å². The topological polar surface area (TPSA) is 195 Å². The average molecular weight is 586 g/mol. The van der Waals surface area contributed by atoms with Crippen LogP contribution < -0.4 is 16.0 Å². The summed E-state index contributed by atoms with van der Waals surface area (Å²) in [4.78, 5) is 80.1. The molecule has 1 aromatic heterocycles. The number of thioether (sulfide) groups is 1. The molecule has 0 bridgehead atoms. The van der Waals surface area contributed by atoms with Gasteiger partial charge >= 0.3 is 18.0 Å². The van der Waals surface area contributed by atoms with Crippen LogP contribution in [-0.2, 0) is 39.8 Å². The molecule has 1 rings (SSSR count). The van der Waals surface area contributed by atoms with Gasteiger partial charge in [0.15, 0.2) is 0 Å². The van der Waals surface area contributed by atoms with Crippen molar-refractivity contribution in [2.75, 3.05) is 19.4 Å². The molecule has 224 valence electrons. The number of ether oxygens (including phenoxy) is 3. The van der Waals surface area contributed by atoms with E-state index in [2.05, 4.69) is 30.7 Å². The van der Waals surface area contributed by atoms with Gasteiger partial charge in [0.1, 0.15) is 23.3 Å². The van der Waals surface area contributed by atoms with E-state index in [0.29, 0.717) is 17.5 Å². The van der Waals surface area contributed by atoms with Gasteiger partial charge < -0.3 is 35.1 Å². The summed E-state index contributed by atoms with van der Waals surface area (Å²) < 4.78 is 15.1. The smallest absolute Gasteiger partial charge is 0.407 e. The highest BCUT2D eigenvalue weighted by Gasteiger charge is 2.28. The minimum Gasteiger partial charge on any atom is -0.467 e. The monoisotopic (exact) mass is 585 g/mol. The molecule has 0 spiro atoms. The van der Waals surface area contributed by atoms with Gasteiger partial charge in [-0.2, -0.15) is 0 Å². The molecule has 0 saturated heterocycles. The van der Waals surface area contributed by atoms with Gasteiger partial charge in [0.2, 0.25) is 22.8 Å². The summed E-state index contributed by atoms with van der Waals surface area (Å²) in [5.74, 6) is -2.69. The van der Waals surface area contributed by atoms with Gasteiger partial charge in [-0.15, -0.1) is 0 Å². The lowest BCUT2D eigenvalue weighted by Crippen LogP contribution is -2.45. The molecule has 15 heteroatoms. The number of esters is 2. The third-order valence-corrected chi connectivity index (χ3v) is 5.61. The molecule has 3 amide bonds. The van der Waals surface area contributed by atoms with E-state index in [4.69, 9.17) is 9.47 Å². The van der Waals surface area contributed by atoms with Crippen LogP contribution in [0.3, 0.4) is 0 Å². The van der Waals surface area contributed by atoms with E-state index in [1.165, 1.54) is 13.1 Å². The number of aromatic amines is 1. The predicted molar refractivity (Wildman–Crippen MR) is 145 cm³/mol. The summed E-state index contributed by atoms with van der Waals surface area (Å²) in [5, 5.41) is 6.95. The molecule has 40 heavy (non-hydrogen) atoms. The Hall–Kier alpha value is -3.62. The molecule has 0 radical (unpaired) electrons. The molecule has 2 unspecified atom stereocenters. The van der Waals surface area contributed by atoms with Crippen molar-refractivity contribution in [2.24, 2.45) is 0 Å². The van der Waals surface area contributed by atoms with Crippen LogP contribution in [-0.4, -0.2) is 87.6 Å². The number of alkyl carbamates (subject to hydrolysis) is 1. The molecular weight excluding hydrogens is 546 g/mol. The molecule has 14 nitrogen and oxygen atoms in total. The van der Waals surface area contributed by atoms with E-state index in [1.807, 2.05) is 0 Å². The van der Waals surface area contributed by atoms with Crippen LogP contribution >= 0.6 is 11.8 Å². The molecular formula is C25H39N5O9S. The Kier molecular flexibility index (Phi) is 13.1. The van der Waals surface area contributed by atoms with Gasteiger partial charge in [-0.25, -0.2) is 19.4 Å². The van der Waals surface area contributed by atoms with Crippen LogP contribution in [0.25, 0.3) is 0 Å². The highest BCUT2D eigenvalue weighted by molar-refractivity contribution is 8.13. The van der Waals surface area contributed by atoms with Gasteiger partial charge in [-0.3, -0.25) is 14.4 Å². The average Bonchev–Trinajstić information content (AvgIpc) is 3.27. The Morgan fingerprint density at radius 3 is 2.15 bits per heavy atom. The number of aromatic nitrogens is 2. The van der Waals surface area contributed by atoms with Crippen molar-refractivity contribution in [1.29, 1.82) is 0 Å². The highest BCUT2D eigenvalue weighted by atomic mass is 32.2. The van der Waals surface area contributed by atoms with Crippen LogP contribution in [0.5, 0.6) is 0 Å². The summed E-state index contributed by atoms with van der Waals surface area (Å²) >= 11 is 0.711. The minimum absolute atomic E-state index is 0.0470. The van der Waals surface area contributed by atoms with Gasteiger partial charge in [0, 0.05) is 44.0 Å². The van der Waals surface area contributed by atoms with Crippen LogP contribution in [0.4, 0.5) is 4.79 Å². The van der Waals surface area contributed by atoms with Gasteiger partial charge in [-0.05, 0) is 41.5 Å². The molecule has 0 aromatic carbocycles. The fraction of sp³-hybridized carbons (Fsp3) is 0.640. The first kappa shape index (κ1) is 34.4. The van der Waals surface area contributed by atoms with Gasteiger partial charge in [0.05, 0.1) is 7.11 Å². The number of imidazole rings is 1. The molecule has 2 atom stereocenters. The maximum absolute atomic E-state index is 13.1. The second-order valence-electron chi connectivity index (χ2n) is 10.7. The zero-order valence-electron chi connectivity index (χ0n) is 24.1. The Bertz CT molecular complexity index is 1080. The number of amides is 3. The Labute approximate surface area is 237 Å². The summed E-state index contributed by atoms with van der Waals surface area (Å²) in [6, 6.07) is -2.20. The maximum atomic E-state index is 13.1. The second-order valence-corrected chi connectivity index (χ2v) is 11.7. The highest BCUT2D eigenvalue weighted by Crippen LogP contribution is 2.15. The van der Waals surface area contributed by atoms with Crippen LogP contribution in [0, 0.1) is 0 Å². The van der Waals surface area contributed by atoms with Crippen LogP contribution in [0.2, 0.25) is 0 Å². The molecule has 0 aliphatic rings. The third kappa shape index (κ3) is 14.0. The molecule has 0 aliphatic heterocycles. The van der Waals surface area contributed by atoms with Gasteiger partial charge in [-0.1, -0.05) is 11.8 Å². The van der Waals surface area contributed by atoms with E-state index in [9.17, 15) is 28.8 Å². The lowest BCUT2D eigenvalue weighted by molar-refractivity contribution is -0.144. The van der Waals surface area contributed by atoms with E-state index in [1.54, 1.807) is 41.5 Å². The van der Waals surface area contributed by atoms with E-state index in [0.717, 1.165) is 7.11 Å². The number of rotatable bonds is 12. The van der Waals surface area contributed by atoms with Crippen molar-refractivity contribution in [3.05, 3.63) is 17.7 Å². The first-order valence-corrected chi connectivity index (χ1v) is 13.4. The van der Waals surface area contributed by atoms with Crippen molar-refractivity contribution in [1.82, 2.24) is 25.9 Å². The number of H-pyrrole nitrogens is 1. The first-order valence-electron chi connectivity index (χ1n) is 12.4. The number of methoxy groups -OCH3 is 1. The normalized spacial score (nSPS) is 12.9. The lowest BCUT2D eigenvalue weighted by Gasteiger charge is -2.20. The van der Waals surface area contributed by atoms with Crippen molar-refractivity contribution in [3.8, 4) is 0 Å². The number of hydrogen-bond acceptors (Lipinski definition) is 11. The quantitative estimate of drug-likeness (QED) is 0.204. The summed E-state index contributed by atoms with van der Waals surface area (Å²) in [6.07, 6.45) is 0.420. The van der Waals surface area contributed by atoms with Crippen molar-refractivity contribution in [3.63, 3.8) is 0 Å². The summed E-state index contributed by atoms with van der Waals surface area (Å²) in [7, 11) is 1.15. The molecule has 0 aliphatic carbocycles. The van der Waals surface area contributed by atoms with Crippen molar-refractivity contribution >= 4 is 46.7 Å². The minimum atomic E-state index is -1.11. The molecule has 1 aromatic rings. The number of nitrogens with zero attached hydrogens (tertiary/aromatic N) is 1. The number of carbonyl (C=O) groups is 6. The van der Waals surface area contributed by atoms with Crippen LogP contribution in [0.15, 0.2) is 6.20 Å². The summed E-state index contributed by atoms with van der Waals surface area (Å²) in [5.41, 5.74) is -1.09. The number of carbonyl (C=O) groups excluding carboxylic acids is 6. The molecule has 4 N–H and O–H groups in total. The first-order chi connectivity index (χ1) is 18.4. The standard InChI is InChI=1S/C25H39N5O9S/c1-14(31)28-17(20(33)37-8)13-40-22(35)16(30-18(32)9-10-26-23(36)39-25(5,6)7)11-15-12-27-19(29-15)21(34)38-24(2,3)4/h12,16-17H,9-11,13H2,1-8H3,(H,26,36)(H,27,29)(H,28,31)(H,30,32). The van der Waals surface area contributed by atoms with E-state index in [-0.39, 0.29) is 31.0 Å². The molecule has 0 saturated carbocycles. The fourth-order valence-corrected chi connectivity index (χ4v) is 3.88. The fourth-order valence-electron chi connectivity index (χ4n) is 2.99. The zero-order chi connectivity index (χ0) is 30.7. The lowest BCUT2D eigenvalue weighted by atomic mass is 10.2. The Morgan fingerprint density at radius 2 is 1.60 bits per heavy atom. The van der Waals surface area contributed by atoms with E-state index < -0.39 is 58.2 Å². The van der Waals surface area contributed by atoms with Crippen LogP contribution in [0.1, 0.15) is 71.2 Å². The Balaban J connectivity index is 2.96. The zero-order valence-corrected chi connectivity index (χ0v) is 24.9. The number of nitrogens with one attached hydrogen (secondary N) is 4. The summed E-state index contributed by atoms with van der Waals surface area (Å²) in [6.45, 7) is 11.4. The largest absolute Gasteiger partial charge is 0.467 e. The third-order valence-electron chi connectivity index (χ3n) is 4.54. The molecule has 1 heterocycles. The van der Waals surface area contributed by atoms with Crippen molar-refractivity contribution < 1.29 is 43.0 Å². The van der Waals surface area contributed by atoms with E-state index >= 15 is 0 Å². The Morgan fingerprint density at radius 1 is 0.975 bits per heavy atom. The van der Waals surface area contributed by atoms with Crippen molar-refractivity contribution in [2.45, 2.75) is 84.6 Å². The maximum Gasteiger partial charge on any atom is 0.407 e.